The fourth-order valence-electron chi connectivity index (χ4n) is 1.58. The number of hydrogen-bond donors (Lipinski definition) is 0. The summed E-state index contributed by atoms with van der Waals surface area (Å²) in [5.41, 5.74) is 0.864. The summed E-state index contributed by atoms with van der Waals surface area (Å²) in [5, 5.41) is 1.23. The van der Waals surface area contributed by atoms with Crippen LogP contribution in [0.25, 0.3) is 11.3 Å². The summed E-state index contributed by atoms with van der Waals surface area (Å²) in [6, 6.07) is 9.33. The Kier molecular flexibility index (Phi) is 3.24. The van der Waals surface area contributed by atoms with Gasteiger partial charge in [-0.2, -0.15) is 0 Å². The van der Waals surface area contributed by atoms with E-state index in [9.17, 15) is 0 Å². The molecule has 1 nitrogen and oxygen atoms in total. The van der Waals surface area contributed by atoms with E-state index < -0.39 is 0 Å². The van der Waals surface area contributed by atoms with Crippen LogP contribution in [0, 0.1) is 0 Å². The molecule has 0 saturated heterocycles. The van der Waals surface area contributed by atoms with Gasteiger partial charge in [-0.05, 0) is 30.3 Å². The van der Waals surface area contributed by atoms with Crippen molar-refractivity contribution in [3.63, 3.8) is 0 Å². The van der Waals surface area contributed by atoms with Gasteiger partial charge in [0.25, 0.3) is 0 Å². The van der Waals surface area contributed by atoms with Gasteiger partial charge in [0.05, 0.1) is 5.02 Å². The smallest absolute Gasteiger partial charge is 0.135 e. The van der Waals surface area contributed by atoms with E-state index in [1.165, 1.54) is 0 Å². The third-order valence-corrected chi connectivity index (χ3v) is 3.09. The van der Waals surface area contributed by atoms with E-state index >= 15 is 0 Å². The van der Waals surface area contributed by atoms with Crippen molar-refractivity contribution in [1.29, 1.82) is 0 Å². The minimum atomic E-state index is -0.00283. The molecule has 0 aliphatic heterocycles. The third kappa shape index (κ3) is 2.67. The van der Waals surface area contributed by atoms with Crippen LogP contribution in [0.15, 0.2) is 34.7 Å². The summed E-state index contributed by atoms with van der Waals surface area (Å²) in [6.45, 7) is 6.33. The van der Waals surface area contributed by atoms with E-state index in [0.717, 1.165) is 17.1 Å². The topological polar surface area (TPSA) is 13.1 Å². The molecule has 2 aromatic rings. The molecule has 0 aliphatic rings. The maximum absolute atomic E-state index is 6.14. The Morgan fingerprint density at radius 1 is 1.00 bits per heavy atom. The highest BCUT2D eigenvalue weighted by Gasteiger charge is 2.19. The third-order valence-electron chi connectivity index (χ3n) is 2.54. The molecule has 0 bridgehead atoms. The summed E-state index contributed by atoms with van der Waals surface area (Å²) >= 11 is 12.0. The Labute approximate surface area is 111 Å². The Morgan fingerprint density at radius 2 is 1.71 bits per heavy atom. The van der Waals surface area contributed by atoms with Gasteiger partial charge in [-0.1, -0.05) is 44.0 Å². The van der Waals surface area contributed by atoms with Gasteiger partial charge in [-0.25, -0.2) is 0 Å². The summed E-state index contributed by atoms with van der Waals surface area (Å²) in [4.78, 5) is 0. The number of halogens is 2. The highest BCUT2D eigenvalue weighted by Crippen LogP contribution is 2.34. The molecule has 0 fully saturated rings. The molecular formula is C14H14Cl2O. The molecule has 90 valence electrons. The molecule has 0 unspecified atom stereocenters. The molecule has 17 heavy (non-hydrogen) atoms. The average Bonchev–Trinajstić information content (AvgIpc) is 2.65. The van der Waals surface area contributed by atoms with Crippen molar-refractivity contribution in [2.45, 2.75) is 26.2 Å². The standard InChI is InChI=1S/C14H14Cl2O/c1-14(2,3)13-7-6-12(17-13)10-5-4-9(15)8-11(10)16/h4-8H,1-3H3. The van der Waals surface area contributed by atoms with Crippen molar-refractivity contribution in [1.82, 2.24) is 0 Å². The molecule has 0 spiro atoms. The molecule has 1 heterocycles. The first-order chi connectivity index (χ1) is 7.88. The lowest BCUT2D eigenvalue weighted by atomic mass is 9.94. The quantitative estimate of drug-likeness (QED) is 0.661. The van der Waals surface area contributed by atoms with Gasteiger partial charge in [0.15, 0.2) is 0 Å². The van der Waals surface area contributed by atoms with Crippen molar-refractivity contribution >= 4 is 23.2 Å². The van der Waals surface area contributed by atoms with Crippen LogP contribution in [0.4, 0.5) is 0 Å². The highest BCUT2D eigenvalue weighted by molar-refractivity contribution is 6.36. The fraction of sp³-hybridized carbons (Fsp3) is 0.286. The molecule has 1 aromatic carbocycles. The van der Waals surface area contributed by atoms with Crippen LogP contribution in [0.5, 0.6) is 0 Å². The van der Waals surface area contributed by atoms with Gasteiger partial charge in [-0.3, -0.25) is 0 Å². The first kappa shape index (κ1) is 12.5. The van der Waals surface area contributed by atoms with Crippen LogP contribution in [-0.4, -0.2) is 0 Å². The predicted molar refractivity (Wildman–Crippen MR) is 72.9 cm³/mol. The lowest BCUT2D eigenvalue weighted by Gasteiger charge is -2.14. The molecule has 0 N–H and O–H groups in total. The van der Waals surface area contributed by atoms with Crippen molar-refractivity contribution in [3.8, 4) is 11.3 Å². The van der Waals surface area contributed by atoms with E-state index in [1.807, 2.05) is 24.3 Å². The maximum Gasteiger partial charge on any atom is 0.135 e. The number of benzene rings is 1. The summed E-state index contributed by atoms with van der Waals surface area (Å²) < 4.78 is 5.83. The second-order valence-electron chi connectivity index (χ2n) is 5.04. The monoisotopic (exact) mass is 268 g/mol. The van der Waals surface area contributed by atoms with Crippen LogP contribution in [0.1, 0.15) is 26.5 Å². The van der Waals surface area contributed by atoms with E-state index in [1.54, 1.807) is 6.07 Å². The second kappa shape index (κ2) is 4.40. The molecule has 1 aromatic heterocycles. The first-order valence-corrected chi connectivity index (χ1v) is 6.19. The highest BCUT2D eigenvalue weighted by atomic mass is 35.5. The van der Waals surface area contributed by atoms with Crippen molar-refractivity contribution in [2.24, 2.45) is 0 Å². The van der Waals surface area contributed by atoms with Gasteiger partial charge in [0, 0.05) is 16.0 Å². The molecule has 0 aliphatic carbocycles. The molecule has 0 saturated carbocycles. The maximum atomic E-state index is 6.14. The summed E-state index contributed by atoms with van der Waals surface area (Å²) in [5.74, 6) is 1.72. The number of hydrogen-bond acceptors (Lipinski definition) is 1. The zero-order chi connectivity index (χ0) is 12.6. The van der Waals surface area contributed by atoms with Crippen molar-refractivity contribution < 1.29 is 4.42 Å². The van der Waals surface area contributed by atoms with E-state index in [2.05, 4.69) is 20.8 Å². The zero-order valence-electron chi connectivity index (χ0n) is 10.1. The van der Waals surface area contributed by atoms with E-state index in [-0.39, 0.29) is 5.41 Å². The van der Waals surface area contributed by atoms with Crippen LogP contribution in [0.3, 0.4) is 0 Å². The average molecular weight is 269 g/mol. The first-order valence-electron chi connectivity index (χ1n) is 5.43. The Hall–Kier alpha value is -0.920. The summed E-state index contributed by atoms with van der Waals surface area (Å²) in [6.07, 6.45) is 0. The van der Waals surface area contributed by atoms with Gasteiger partial charge in [-0.15, -0.1) is 0 Å². The molecule has 0 radical (unpaired) electrons. The van der Waals surface area contributed by atoms with Crippen LogP contribution in [0.2, 0.25) is 10.0 Å². The second-order valence-corrected chi connectivity index (χ2v) is 5.88. The van der Waals surface area contributed by atoms with Gasteiger partial charge in [0.1, 0.15) is 11.5 Å². The normalized spacial score (nSPS) is 11.8. The molecule has 0 atom stereocenters. The minimum Gasteiger partial charge on any atom is -0.460 e. The van der Waals surface area contributed by atoms with Crippen LogP contribution >= 0.6 is 23.2 Å². The fourth-order valence-corrected chi connectivity index (χ4v) is 2.08. The Bertz CT molecular complexity index is 535. The molecule has 3 heteroatoms. The lowest BCUT2D eigenvalue weighted by molar-refractivity contribution is 0.417. The van der Waals surface area contributed by atoms with E-state index in [0.29, 0.717) is 10.0 Å². The van der Waals surface area contributed by atoms with Gasteiger partial charge in [0.2, 0.25) is 0 Å². The van der Waals surface area contributed by atoms with E-state index in [4.69, 9.17) is 27.6 Å². The molecule has 2 rings (SSSR count). The van der Waals surface area contributed by atoms with Gasteiger partial charge < -0.3 is 4.42 Å². The van der Waals surface area contributed by atoms with Crippen LogP contribution < -0.4 is 0 Å². The molecule has 0 amide bonds. The molecular weight excluding hydrogens is 255 g/mol. The number of rotatable bonds is 1. The van der Waals surface area contributed by atoms with Gasteiger partial charge >= 0.3 is 0 Å². The van der Waals surface area contributed by atoms with Crippen LogP contribution in [-0.2, 0) is 5.41 Å². The minimum absolute atomic E-state index is 0.00283. The summed E-state index contributed by atoms with van der Waals surface area (Å²) in [7, 11) is 0. The SMILES string of the molecule is CC(C)(C)c1ccc(-c2ccc(Cl)cc2Cl)o1. The largest absolute Gasteiger partial charge is 0.460 e. The lowest BCUT2D eigenvalue weighted by Crippen LogP contribution is -2.08. The Morgan fingerprint density at radius 3 is 2.24 bits per heavy atom. The van der Waals surface area contributed by atoms with Crippen molar-refractivity contribution in [2.75, 3.05) is 0 Å². The van der Waals surface area contributed by atoms with Crippen molar-refractivity contribution in [3.05, 3.63) is 46.1 Å². The Balaban J connectivity index is 2.44. The zero-order valence-corrected chi connectivity index (χ0v) is 11.6. The number of furan rings is 1. The predicted octanol–water partition coefficient (Wildman–Crippen LogP) is 5.55.